The molecule has 4 rings (SSSR count). The summed E-state index contributed by atoms with van der Waals surface area (Å²) in [5.74, 6) is -1.44. The number of anilines is 1. The van der Waals surface area contributed by atoms with Crippen LogP contribution in [0, 0.1) is 11.6 Å². The summed E-state index contributed by atoms with van der Waals surface area (Å²) in [7, 11) is 0. The van der Waals surface area contributed by atoms with Crippen molar-refractivity contribution in [2.45, 2.75) is 45.4 Å². The zero-order chi connectivity index (χ0) is 24.5. The Morgan fingerprint density at radius 1 is 1.21 bits per heavy atom. The molecular weight excluding hydrogens is 464 g/mol. The third-order valence-electron chi connectivity index (χ3n) is 5.08. The van der Waals surface area contributed by atoms with Crippen molar-refractivity contribution < 1.29 is 23.1 Å². The van der Waals surface area contributed by atoms with Gasteiger partial charge in [-0.05, 0) is 56.3 Å². The van der Waals surface area contributed by atoms with Gasteiger partial charge in [0.15, 0.2) is 5.69 Å². The van der Waals surface area contributed by atoms with Gasteiger partial charge in [-0.2, -0.15) is 0 Å². The van der Waals surface area contributed by atoms with E-state index in [1.54, 1.807) is 31.7 Å². The summed E-state index contributed by atoms with van der Waals surface area (Å²) in [5, 5.41) is 7.57. The van der Waals surface area contributed by atoms with Gasteiger partial charge < -0.3 is 20.3 Å². The third kappa shape index (κ3) is 5.77. The molecule has 180 valence electrons. The second kappa shape index (κ2) is 9.49. The van der Waals surface area contributed by atoms with Gasteiger partial charge in [-0.15, -0.1) is 11.3 Å². The summed E-state index contributed by atoms with van der Waals surface area (Å²) < 4.78 is 32.9. The molecule has 0 unspecified atom stereocenters. The number of benzene rings is 1. The maximum atomic E-state index is 13.5. The summed E-state index contributed by atoms with van der Waals surface area (Å²) >= 11 is 1.36. The molecule has 2 amide bonds. The van der Waals surface area contributed by atoms with Crippen molar-refractivity contribution in [1.82, 2.24) is 20.2 Å². The largest absolute Gasteiger partial charge is 0.444 e. The molecule has 0 bridgehead atoms. The molecule has 0 saturated carbocycles. The van der Waals surface area contributed by atoms with E-state index in [1.165, 1.54) is 23.5 Å². The van der Waals surface area contributed by atoms with Crippen LogP contribution in [0.5, 0.6) is 0 Å². The van der Waals surface area contributed by atoms with Crippen molar-refractivity contribution in [3.8, 4) is 0 Å². The maximum absolute atomic E-state index is 13.5. The number of alkyl carbamates (subject to hydrolysis) is 1. The number of ether oxygens (including phenoxy) is 1. The maximum Gasteiger partial charge on any atom is 0.407 e. The summed E-state index contributed by atoms with van der Waals surface area (Å²) in [6, 6.07) is 4.79. The third-order valence-corrected chi connectivity index (χ3v) is 5.99. The molecular formula is C23H25F2N5O3S. The van der Waals surface area contributed by atoms with Gasteiger partial charge in [0.1, 0.15) is 17.2 Å². The van der Waals surface area contributed by atoms with Gasteiger partial charge in [-0.3, -0.25) is 4.79 Å². The van der Waals surface area contributed by atoms with Crippen LogP contribution in [0.2, 0.25) is 0 Å². The molecule has 11 heteroatoms. The van der Waals surface area contributed by atoms with E-state index in [4.69, 9.17) is 4.74 Å². The highest BCUT2D eigenvalue weighted by Gasteiger charge is 2.31. The highest BCUT2D eigenvalue weighted by atomic mass is 32.1. The Morgan fingerprint density at radius 2 is 1.94 bits per heavy atom. The van der Waals surface area contributed by atoms with E-state index in [9.17, 15) is 18.4 Å². The summed E-state index contributed by atoms with van der Waals surface area (Å²) in [5.41, 5.74) is 0.615. The van der Waals surface area contributed by atoms with Gasteiger partial charge in [0, 0.05) is 25.7 Å². The molecule has 2 aromatic heterocycles. The van der Waals surface area contributed by atoms with Crippen LogP contribution in [-0.4, -0.2) is 51.6 Å². The quantitative estimate of drug-likeness (QED) is 0.554. The number of nitrogens with one attached hydrogen (secondary N) is 2. The summed E-state index contributed by atoms with van der Waals surface area (Å²) in [4.78, 5) is 35.8. The van der Waals surface area contributed by atoms with Crippen LogP contribution < -0.4 is 10.6 Å². The van der Waals surface area contributed by atoms with Gasteiger partial charge in [0.05, 0.1) is 16.3 Å². The van der Waals surface area contributed by atoms with Crippen molar-refractivity contribution in [3.63, 3.8) is 0 Å². The monoisotopic (exact) mass is 489 g/mol. The minimum Gasteiger partial charge on any atom is -0.444 e. The minimum absolute atomic E-state index is 0.0869. The number of halogens is 2. The molecule has 1 aromatic carbocycles. The van der Waals surface area contributed by atoms with Gasteiger partial charge in [0.2, 0.25) is 5.95 Å². The van der Waals surface area contributed by atoms with Gasteiger partial charge in [-0.1, -0.05) is 0 Å². The Balaban J connectivity index is 1.47. The van der Waals surface area contributed by atoms with E-state index < -0.39 is 23.3 Å². The molecule has 1 saturated heterocycles. The number of hydrogen-bond donors (Lipinski definition) is 2. The SMILES string of the molecule is CC(C)(C)OC(=O)N[C@H]1CCN(C(=O)c2nc(NCc3cc(F)cc(F)c3)nc3ccsc23)C1. The number of hydrogen-bond acceptors (Lipinski definition) is 7. The number of fused-ring (bicyclic) bond motifs is 1. The Hall–Kier alpha value is -3.34. The fraction of sp³-hybridized carbons (Fsp3) is 0.391. The lowest BCUT2D eigenvalue weighted by Crippen LogP contribution is -2.41. The average Bonchev–Trinajstić information content (AvgIpc) is 3.38. The first-order valence-electron chi connectivity index (χ1n) is 10.8. The number of carbonyl (C=O) groups excluding carboxylic acids is 2. The number of likely N-dealkylation sites (tertiary alicyclic amines) is 1. The second-order valence-corrected chi connectivity index (χ2v) is 9.96. The lowest BCUT2D eigenvalue weighted by Gasteiger charge is -2.22. The van der Waals surface area contributed by atoms with Crippen LogP contribution >= 0.6 is 11.3 Å². The van der Waals surface area contributed by atoms with E-state index in [1.807, 2.05) is 5.38 Å². The molecule has 0 spiro atoms. The highest BCUT2D eigenvalue weighted by Crippen LogP contribution is 2.26. The van der Waals surface area contributed by atoms with Crippen LogP contribution in [0.25, 0.3) is 10.2 Å². The molecule has 1 aliphatic rings. The summed E-state index contributed by atoms with van der Waals surface area (Å²) in [6.07, 6.45) is 0.0784. The fourth-order valence-electron chi connectivity index (χ4n) is 3.67. The Bertz CT molecular complexity index is 1210. The van der Waals surface area contributed by atoms with Crippen molar-refractivity contribution in [1.29, 1.82) is 0 Å². The van der Waals surface area contributed by atoms with E-state index >= 15 is 0 Å². The molecule has 8 nitrogen and oxygen atoms in total. The molecule has 34 heavy (non-hydrogen) atoms. The number of carbonyl (C=O) groups is 2. The standard InChI is InChI=1S/C23H25F2N5O3S/c1-23(2,3)33-22(32)27-16-4-6-30(12-16)20(31)18-19-17(5-7-34-19)28-21(29-18)26-11-13-8-14(24)10-15(25)9-13/h5,7-10,16H,4,6,11-12H2,1-3H3,(H,27,32)(H,26,28,29)/t16-/m0/s1. The highest BCUT2D eigenvalue weighted by molar-refractivity contribution is 7.17. The first-order valence-corrected chi connectivity index (χ1v) is 11.7. The number of rotatable bonds is 5. The van der Waals surface area contributed by atoms with Gasteiger partial charge in [0.25, 0.3) is 5.91 Å². The first kappa shape index (κ1) is 23.8. The van der Waals surface area contributed by atoms with E-state index in [0.29, 0.717) is 35.3 Å². The van der Waals surface area contributed by atoms with Crippen LogP contribution in [0.1, 0.15) is 43.2 Å². The van der Waals surface area contributed by atoms with Crippen LogP contribution in [-0.2, 0) is 11.3 Å². The molecule has 1 atom stereocenters. The van der Waals surface area contributed by atoms with Crippen molar-refractivity contribution in [2.24, 2.45) is 0 Å². The van der Waals surface area contributed by atoms with E-state index in [-0.39, 0.29) is 30.1 Å². The minimum atomic E-state index is -0.676. The number of thiophene rings is 1. The van der Waals surface area contributed by atoms with Crippen LogP contribution in [0.3, 0.4) is 0 Å². The van der Waals surface area contributed by atoms with E-state index in [2.05, 4.69) is 20.6 Å². The summed E-state index contributed by atoms with van der Waals surface area (Å²) in [6.45, 7) is 6.24. The Morgan fingerprint density at radius 3 is 2.65 bits per heavy atom. The topological polar surface area (TPSA) is 96.5 Å². The number of aromatic nitrogens is 2. The molecule has 0 aliphatic carbocycles. The second-order valence-electron chi connectivity index (χ2n) is 9.05. The number of nitrogens with zero attached hydrogens (tertiary/aromatic N) is 3. The molecule has 2 N–H and O–H groups in total. The van der Waals surface area contributed by atoms with Crippen molar-refractivity contribution in [2.75, 3.05) is 18.4 Å². The molecule has 3 heterocycles. The number of amides is 2. The molecule has 1 fully saturated rings. The lowest BCUT2D eigenvalue weighted by atomic mass is 10.2. The predicted molar refractivity (Wildman–Crippen MR) is 125 cm³/mol. The van der Waals surface area contributed by atoms with Crippen molar-refractivity contribution >= 4 is 39.5 Å². The van der Waals surface area contributed by atoms with Gasteiger partial charge >= 0.3 is 6.09 Å². The van der Waals surface area contributed by atoms with Gasteiger partial charge in [-0.25, -0.2) is 23.5 Å². The zero-order valence-corrected chi connectivity index (χ0v) is 19.8. The fourth-order valence-corrected chi connectivity index (χ4v) is 4.48. The first-order chi connectivity index (χ1) is 16.1. The van der Waals surface area contributed by atoms with Crippen molar-refractivity contribution in [3.05, 3.63) is 52.5 Å². The normalized spacial score (nSPS) is 16.0. The molecule has 0 radical (unpaired) electrons. The lowest BCUT2D eigenvalue weighted by molar-refractivity contribution is 0.0502. The predicted octanol–water partition coefficient (Wildman–Crippen LogP) is 4.32. The smallest absolute Gasteiger partial charge is 0.407 e. The average molecular weight is 490 g/mol. The zero-order valence-electron chi connectivity index (χ0n) is 19.0. The van der Waals surface area contributed by atoms with E-state index in [0.717, 1.165) is 6.07 Å². The van der Waals surface area contributed by atoms with Crippen LogP contribution in [0.15, 0.2) is 29.6 Å². The molecule has 1 aliphatic heterocycles. The Labute approximate surface area is 199 Å². The van der Waals surface area contributed by atoms with Crippen LogP contribution in [0.4, 0.5) is 19.5 Å². The molecule has 3 aromatic rings. The Kier molecular flexibility index (Phi) is 6.65.